The minimum absolute atomic E-state index is 0.329. The standard InChI is InChI=1S/C20H22N3/c1-14(2)20-21-12-11-18(22-20)16-9-10-19(23(4)13-16)17-8-6-5-7-15(17)3/h5-14H,1-4H3/q+1. The van der Waals surface area contributed by atoms with Gasteiger partial charge in [-0.1, -0.05) is 32.0 Å². The van der Waals surface area contributed by atoms with Crippen molar-refractivity contribution in [3.8, 4) is 22.5 Å². The first-order chi connectivity index (χ1) is 11.1. The van der Waals surface area contributed by atoms with Crippen molar-refractivity contribution in [1.29, 1.82) is 0 Å². The van der Waals surface area contributed by atoms with E-state index in [4.69, 9.17) is 0 Å². The maximum atomic E-state index is 4.68. The number of pyridine rings is 1. The van der Waals surface area contributed by atoms with Crippen molar-refractivity contribution < 1.29 is 4.57 Å². The van der Waals surface area contributed by atoms with E-state index in [0.717, 1.165) is 17.1 Å². The van der Waals surface area contributed by atoms with Gasteiger partial charge in [-0.15, -0.1) is 0 Å². The Kier molecular flexibility index (Phi) is 4.20. The van der Waals surface area contributed by atoms with Gasteiger partial charge < -0.3 is 0 Å². The molecule has 0 bridgehead atoms. The smallest absolute Gasteiger partial charge is 0.212 e. The molecule has 0 amide bonds. The van der Waals surface area contributed by atoms with E-state index in [1.54, 1.807) is 0 Å². The zero-order valence-corrected chi connectivity index (χ0v) is 14.1. The summed E-state index contributed by atoms with van der Waals surface area (Å²) in [5.41, 5.74) is 5.81. The van der Waals surface area contributed by atoms with Gasteiger partial charge in [-0.05, 0) is 30.7 Å². The Bertz CT molecular complexity index is 838. The van der Waals surface area contributed by atoms with Crippen LogP contribution in [0.25, 0.3) is 22.5 Å². The van der Waals surface area contributed by atoms with Crippen molar-refractivity contribution in [2.75, 3.05) is 0 Å². The van der Waals surface area contributed by atoms with Gasteiger partial charge in [-0.3, -0.25) is 0 Å². The maximum Gasteiger partial charge on any atom is 0.212 e. The molecule has 0 radical (unpaired) electrons. The molecule has 1 aromatic carbocycles. The summed E-state index contributed by atoms with van der Waals surface area (Å²) in [4.78, 5) is 9.02. The first-order valence-corrected chi connectivity index (χ1v) is 7.95. The van der Waals surface area contributed by atoms with E-state index >= 15 is 0 Å². The molecular formula is C20H22N3+. The molecule has 0 atom stereocenters. The Labute approximate surface area is 137 Å². The number of nitrogens with zero attached hydrogens (tertiary/aromatic N) is 3. The molecular weight excluding hydrogens is 282 g/mol. The average molecular weight is 304 g/mol. The summed E-state index contributed by atoms with van der Waals surface area (Å²) in [5, 5.41) is 0. The van der Waals surface area contributed by atoms with E-state index in [0.29, 0.717) is 5.92 Å². The number of aryl methyl sites for hydroxylation is 2. The van der Waals surface area contributed by atoms with E-state index in [-0.39, 0.29) is 0 Å². The number of rotatable bonds is 3. The lowest BCUT2D eigenvalue weighted by molar-refractivity contribution is -0.659. The number of aromatic nitrogens is 3. The number of hydrogen-bond acceptors (Lipinski definition) is 2. The van der Waals surface area contributed by atoms with Crippen LogP contribution in [0.4, 0.5) is 0 Å². The molecule has 0 aliphatic rings. The third-order valence-electron chi connectivity index (χ3n) is 4.04. The second kappa shape index (κ2) is 6.29. The van der Waals surface area contributed by atoms with E-state index in [1.807, 2.05) is 12.3 Å². The predicted molar refractivity (Wildman–Crippen MR) is 92.9 cm³/mol. The first kappa shape index (κ1) is 15.3. The van der Waals surface area contributed by atoms with Crippen LogP contribution in [0.15, 0.2) is 54.9 Å². The van der Waals surface area contributed by atoms with Crippen LogP contribution in [-0.2, 0) is 7.05 Å². The molecule has 3 heteroatoms. The lowest BCUT2D eigenvalue weighted by atomic mass is 10.0. The fourth-order valence-corrected chi connectivity index (χ4v) is 2.71. The summed E-state index contributed by atoms with van der Waals surface area (Å²) >= 11 is 0. The SMILES string of the molecule is Cc1ccccc1-c1ccc(-c2ccnc(C(C)C)n2)c[n+]1C. The molecule has 0 unspecified atom stereocenters. The summed E-state index contributed by atoms with van der Waals surface area (Å²) in [7, 11) is 2.08. The molecule has 3 aromatic rings. The van der Waals surface area contributed by atoms with Gasteiger partial charge in [0.1, 0.15) is 12.9 Å². The van der Waals surface area contributed by atoms with Crippen LogP contribution in [0, 0.1) is 6.92 Å². The third-order valence-corrected chi connectivity index (χ3v) is 4.04. The van der Waals surface area contributed by atoms with Crippen molar-refractivity contribution >= 4 is 0 Å². The van der Waals surface area contributed by atoms with Crippen LogP contribution in [0.2, 0.25) is 0 Å². The maximum absolute atomic E-state index is 4.68. The molecule has 23 heavy (non-hydrogen) atoms. The normalized spacial score (nSPS) is 11.0. The zero-order valence-electron chi connectivity index (χ0n) is 14.1. The van der Waals surface area contributed by atoms with Crippen LogP contribution in [-0.4, -0.2) is 9.97 Å². The van der Waals surface area contributed by atoms with E-state index < -0.39 is 0 Å². The fraction of sp³-hybridized carbons (Fsp3) is 0.250. The summed E-state index contributed by atoms with van der Waals surface area (Å²) in [6.45, 7) is 6.36. The number of benzene rings is 1. The predicted octanol–water partition coefficient (Wildman–Crippen LogP) is 4.07. The molecule has 2 heterocycles. The highest BCUT2D eigenvalue weighted by molar-refractivity contribution is 5.64. The summed E-state index contributed by atoms with van der Waals surface area (Å²) < 4.78 is 2.16. The van der Waals surface area contributed by atoms with Crippen molar-refractivity contribution in [3.63, 3.8) is 0 Å². The Balaban J connectivity index is 2.03. The van der Waals surface area contributed by atoms with Gasteiger partial charge in [0.05, 0.1) is 11.3 Å². The molecule has 0 aliphatic carbocycles. The van der Waals surface area contributed by atoms with Gasteiger partial charge in [0.2, 0.25) is 5.69 Å². The van der Waals surface area contributed by atoms with Crippen LogP contribution in [0.5, 0.6) is 0 Å². The van der Waals surface area contributed by atoms with Crippen LogP contribution >= 0.6 is 0 Å². The zero-order chi connectivity index (χ0) is 16.4. The Morgan fingerprint density at radius 1 is 1.00 bits per heavy atom. The minimum Gasteiger partial charge on any atom is -0.241 e. The van der Waals surface area contributed by atoms with Gasteiger partial charge in [0.25, 0.3) is 0 Å². The molecule has 0 spiro atoms. The average Bonchev–Trinajstić information content (AvgIpc) is 2.56. The highest BCUT2D eigenvalue weighted by Crippen LogP contribution is 2.23. The van der Waals surface area contributed by atoms with Crippen molar-refractivity contribution in [2.45, 2.75) is 26.7 Å². The van der Waals surface area contributed by atoms with Gasteiger partial charge in [0.15, 0.2) is 6.20 Å². The second-order valence-electron chi connectivity index (χ2n) is 6.18. The van der Waals surface area contributed by atoms with E-state index in [2.05, 4.69) is 84.9 Å². The van der Waals surface area contributed by atoms with Gasteiger partial charge in [-0.25, -0.2) is 14.5 Å². The van der Waals surface area contributed by atoms with Crippen molar-refractivity contribution in [2.24, 2.45) is 7.05 Å². The summed E-state index contributed by atoms with van der Waals surface area (Å²) in [6, 6.07) is 14.7. The van der Waals surface area contributed by atoms with Crippen LogP contribution < -0.4 is 4.57 Å². The lowest BCUT2D eigenvalue weighted by Crippen LogP contribution is -2.31. The molecule has 0 N–H and O–H groups in total. The monoisotopic (exact) mass is 304 g/mol. The second-order valence-corrected chi connectivity index (χ2v) is 6.18. The van der Waals surface area contributed by atoms with E-state index in [9.17, 15) is 0 Å². The topological polar surface area (TPSA) is 29.7 Å². The lowest BCUT2D eigenvalue weighted by Gasteiger charge is -2.07. The Morgan fingerprint density at radius 2 is 1.78 bits per heavy atom. The van der Waals surface area contributed by atoms with Gasteiger partial charge >= 0.3 is 0 Å². The molecule has 0 aliphatic heterocycles. The molecule has 0 saturated heterocycles. The van der Waals surface area contributed by atoms with Crippen LogP contribution in [0.3, 0.4) is 0 Å². The van der Waals surface area contributed by atoms with Crippen molar-refractivity contribution in [3.05, 3.63) is 66.2 Å². The molecule has 2 aromatic heterocycles. The quantitative estimate of drug-likeness (QED) is 0.683. The molecule has 0 saturated carbocycles. The molecule has 3 rings (SSSR count). The third kappa shape index (κ3) is 3.14. The molecule has 3 nitrogen and oxygen atoms in total. The highest BCUT2D eigenvalue weighted by atomic mass is 14.9. The molecule has 116 valence electrons. The van der Waals surface area contributed by atoms with E-state index in [1.165, 1.54) is 16.8 Å². The Hall–Kier alpha value is -2.55. The van der Waals surface area contributed by atoms with Gasteiger partial charge in [-0.2, -0.15) is 0 Å². The summed E-state index contributed by atoms with van der Waals surface area (Å²) in [5.74, 6) is 1.21. The largest absolute Gasteiger partial charge is 0.241 e. The Morgan fingerprint density at radius 3 is 2.48 bits per heavy atom. The summed E-state index contributed by atoms with van der Waals surface area (Å²) in [6.07, 6.45) is 3.97. The van der Waals surface area contributed by atoms with Crippen molar-refractivity contribution in [1.82, 2.24) is 9.97 Å². The highest BCUT2D eigenvalue weighted by Gasteiger charge is 2.14. The number of hydrogen-bond donors (Lipinski definition) is 0. The van der Waals surface area contributed by atoms with Gasteiger partial charge in [0, 0.05) is 23.7 Å². The minimum atomic E-state index is 0.329. The fourth-order valence-electron chi connectivity index (χ4n) is 2.71. The first-order valence-electron chi connectivity index (χ1n) is 7.95. The molecule has 0 fully saturated rings. The van der Waals surface area contributed by atoms with Crippen LogP contribution in [0.1, 0.15) is 31.2 Å².